The summed E-state index contributed by atoms with van der Waals surface area (Å²) in [5.41, 5.74) is 5.98. The summed E-state index contributed by atoms with van der Waals surface area (Å²) in [6.45, 7) is 0.512. The lowest BCUT2D eigenvalue weighted by atomic mass is 9.99. The first-order chi connectivity index (χ1) is 13.7. The third kappa shape index (κ3) is 3.32. The molecule has 2 aliphatic heterocycles. The van der Waals surface area contributed by atoms with Crippen molar-refractivity contribution in [2.24, 2.45) is 10.9 Å². The summed E-state index contributed by atoms with van der Waals surface area (Å²) in [6, 6.07) is 13.2. The zero-order valence-corrected chi connectivity index (χ0v) is 15.2. The number of ether oxygens (including phenoxy) is 1. The minimum atomic E-state index is -0.780. The number of fused-ring (bicyclic) bond motifs is 1. The Morgan fingerprint density at radius 3 is 2.39 bits per heavy atom. The number of hydrogen-bond acceptors (Lipinski definition) is 5. The Kier molecular flexibility index (Phi) is 4.22. The van der Waals surface area contributed by atoms with Crippen molar-refractivity contribution in [3.8, 4) is 11.5 Å². The van der Waals surface area contributed by atoms with Crippen LogP contribution in [0.4, 0.5) is 4.39 Å². The minimum Gasteiger partial charge on any atom is -0.457 e. The Labute approximate surface area is 162 Å². The van der Waals surface area contributed by atoms with E-state index in [4.69, 9.17) is 4.74 Å². The van der Waals surface area contributed by atoms with E-state index in [-0.39, 0.29) is 5.82 Å². The molecule has 1 unspecified atom stereocenters. The predicted molar refractivity (Wildman–Crippen MR) is 104 cm³/mol. The number of allylic oxidation sites excluding steroid dienone is 2. The highest BCUT2D eigenvalue weighted by atomic mass is 19.1. The van der Waals surface area contributed by atoms with Crippen LogP contribution in [0.2, 0.25) is 0 Å². The molecule has 0 amide bonds. The molecule has 0 saturated heterocycles. The highest BCUT2D eigenvalue weighted by Gasteiger charge is 2.33. The number of halogens is 1. The molecule has 2 heterocycles. The van der Waals surface area contributed by atoms with Crippen molar-refractivity contribution >= 4 is 5.84 Å². The number of hydrazine groups is 1. The van der Waals surface area contributed by atoms with Crippen LogP contribution in [-0.2, 0) is 0 Å². The van der Waals surface area contributed by atoms with E-state index >= 15 is 0 Å². The maximum atomic E-state index is 13.0. The van der Waals surface area contributed by atoms with E-state index in [2.05, 4.69) is 22.6 Å². The van der Waals surface area contributed by atoms with Gasteiger partial charge in [0.2, 0.25) is 0 Å². The lowest BCUT2D eigenvalue weighted by molar-refractivity contribution is 0.176. The van der Waals surface area contributed by atoms with E-state index in [0.29, 0.717) is 24.1 Å². The van der Waals surface area contributed by atoms with Crippen molar-refractivity contribution in [3.63, 3.8) is 0 Å². The lowest BCUT2D eigenvalue weighted by Crippen LogP contribution is -2.39. The van der Waals surface area contributed by atoms with Gasteiger partial charge in [-0.15, -0.1) is 0 Å². The number of aliphatic imine (C=N–C) groups is 1. The van der Waals surface area contributed by atoms with E-state index in [0.717, 1.165) is 17.1 Å². The summed E-state index contributed by atoms with van der Waals surface area (Å²) in [5.74, 6) is 2.32. The molecule has 5 rings (SSSR count). The third-order valence-electron chi connectivity index (χ3n) is 5.14. The molecule has 0 radical (unpaired) electrons. The Morgan fingerprint density at radius 2 is 1.71 bits per heavy atom. The molecular formula is C22H20FN3O2. The molecule has 3 aliphatic rings. The SMILES string of the molecule is OC(C1=CC(C2CC2)=CC2=NCNN12)c1ccc(Oc2ccc(F)cc2)cc1. The molecular weight excluding hydrogens is 357 g/mol. The van der Waals surface area contributed by atoms with Crippen molar-refractivity contribution in [3.05, 3.63) is 83.3 Å². The number of nitrogens with zero attached hydrogens (tertiary/aromatic N) is 2. The standard InChI is InChI=1S/C22H20FN3O2/c23-17-5-9-19(10-6-17)28-18-7-3-15(4-8-18)22(27)20-11-16(14-1-2-14)12-21-24-13-25-26(20)21/h3-12,14,22,25,27H,1-2,13H2. The summed E-state index contributed by atoms with van der Waals surface area (Å²) in [5, 5.41) is 12.9. The molecule has 2 aromatic rings. The summed E-state index contributed by atoms with van der Waals surface area (Å²) in [6.07, 6.45) is 5.79. The van der Waals surface area contributed by atoms with Crippen molar-refractivity contribution in [2.75, 3.05) is 6.67 Å². The second-order valence-electron chi connectivity index (χ2n) is 7.18. The zero-order chi connectivity index (χ0) is 19.1. The number of aliphatic hydroxyl groups excluding tert-OH is 1. The topological polar surface area (TPSA) is 57.1 Å². The average molecular weight is 377 g/mol. The Hall–Kier alpha value is -2.96. The molecule has 1 aliphatic carbocycles. The smallest absolute Gasteiger partial charge is 0.144 e. The van der Waals surface area contributed by atoms with E-state index in [9.17, 15) is 9.50 Å². The predicted octanol–water partition coefficient (Wildman–Crippen LogP) is 4.06. The van der Waals surface area contributed by atoms with Crippen LogP contribution in [-0.4, -0.2) is 22.6 Å². The van der Waals surface area contributed by atoms with E-state index in [1.165, 1.54) is 30.5 Å². The van der Waals surface area contributed by atoms with Gasteiger partial charge in [0.25, 0.3) is 0 Å². The molecule has 1 fully saturated rings. The van der Waals surface area contributed by atoms with Gasteiger partial charge in [-0.25, -0.2) is 14.8 Å². The molecule has 6 heteroatoms. The summed E-state index contributed by atoms with van der Waals surface area (Å²) in [7, 11) is 0. The Bertz CT molecular complexity index is 976. The van der Waals surface area contributed by atoms with Crippen LogP contribution in [0.15, 0.2) is 76.9 Å². The van der Waals surface area contributed by atoms with Gasteiger partial charge in [-0.3, -0.25) is 5.01 Å². The maximum absolute atomic E-state index is 13.0. The van der Waals surface area contributed by atoms with Gasteiger partial charge in [0.15, 0.2) is 0 Å². The fraction of sp³-hybridized carbons (Fsp3) is 0.227. The second-order valence-corrected chi connectivity index (χ2v) is 7.18. The fourth-order valence-electron chi connectivity index (χ4n) is 3.48. The van der Waals surface area contributed by atoms with Crippen LogP contribution in [0.5, 0.6) is 11.5 Å². The normalized spacial score (nSPS) is 19.5. The third-order valence-corrected chi connectivity index (χ3v) is 5.14. The van der Waals surface area contributed by atoms with Crippen LogP contribution in [0, 0.1) is 11.7 Å². The Morgan fingerprint density at radius 1 is 1.04 bits per heavy atom. The zero-order valence-electron chi connectivity index (χ0n) is 15.2. The molecule has 1 saturated carbocycles. The number of rotatable bonds is 5. The van der Waals surface area contributed by atoms with E-state index < -0.39 is 6.10 Å². The van der Waals surface area contributed by atoms with Crippen molar-refractivity contribution in [1.82, 2.24) is 10.4 Å². The number of hydrogen-bond donors (Lipinski definition) is 2. The average Bonchev–Trinajstić information content (AvgIpc) is 3.46. The van der Waals surface area contributed by atoms with Gasteiger partial charge >= 0.3 is 0 Å². The maximum Gasteiger partial charge on any atom is 0.144 e. The first-order valence-corrected chi connectivity index (χ1v) is 9.40. The van der Waals surface area contributed by atoms with Gasteiger partial charge in [-0.1, -0.05) is 12.1 Å². The molecule has 0 spiro atoms. The molecule has 0 aromatic heterocycles. The first kappa shape index (κ1) is 17.2. The highest BCUT2D eigenvalue weighted by Crippen LogP contribution is 2.41. The summed E-state index contributed by atoms with van der Waals surface area (Å²) in [4.78, 5) is 4.47. The van der Waals surface area contributed by atoms with Gasteiger partial charge in [0.05, 0.1) is 5.70 Å². The molecule has 0 bridgehead atoms. The molecule has 1 atom stereocenters. The number of amidine groups is 1. The number of benzene rings is 2. The van der Waals surface area contributed by atoms with Crippen LogP contribution in [0.25, 0.3) is 0 Å². The van der Waals surface area contributed by atoms with Crippen LogP contribution in [0.1, 0.15) is 24.5 Å². The number of nitrogens with one attached hydrogen (secondary N) is 1. The lowest BCUT2D eigenvalue weighted by Gasteiger charge is -2.29. The van der Waals surface area contributed by atoms with Crippen LogP contribution < -0.4 is 10.2 Å². The van der Waals surface area contributed by atoms with E-state index in [1.54, 1.807) is 24.3 Å². The summed E-state index contributed by atoms with van der Waals surface area (Å²) < 4.78 is 18.7. The monoisotopic (exact) mass is 377 g/mol. The second kappa shape index (κ2) is 6.89. The molecule has 142 valence electrons. The van der Waals surface area contributed by atoms with Crippen molar-refractivity contribution in [2.45, 2.75) is 18.9 Å². The van der Waals surface area contributed by atoms with Crippen molar-refractivity contribution in [1.29, 1.82) is 0 Å². The summed E-state index contributed by atoms with van der Waals surface area (Å²) >= 11 is 0. The fourth-order valence-corrected chi connectivity index (χ4v) is 3.48. The highest BCUT2D eigenvalue weighted by molar-refractivity contribution is 5.97. The number of aliphatic hydroxyl groups is 1. The van der Waals surface area contributed by atoms with Gasteiger partial charge < -0.3 is 9.84 Å². The molecule has 2 aromatic carbocycles. The van der Waals surface area contributed by atoms with Crippen LogP contribution >= 0.6 is 0 Å². The molecule has 5 nitrogen and oxygen atoms in total. The van der Waals surface area contributed by atoms with E-state index in [1.807, 2.05) is 17.1 Å². The van der Waals surface area contributed by atoms with Gasteiger partial charge in [0.1, 0.15) is 35.9 Å². The van der Waals surface area contributed by atoms with Gasteiger partial charge in [-0.2, -0.15) is 0 Å². The van der Waals surface area contributed by atoms with Gasteiger partial charge in [0, 0.05) is 0 Å². The Balaban J connectivity index is 1.36. The first-order valence-electron chi connectivity index (χ1n) is 9.40. The quantitative estimate of drug-likeness (QED) is 0.825. The van der Waals surface area contributed by atoms with Crippen molar-refractivity contribution < 1.29 is 14.2 Å². The molecule has 28 heavy (non-hydrogen) atoms. The largest absolute Gasteiger partial charge is 0.457 e. The minimum absolute atomic E-state index is 0.301. The van der Waals surface area contributed by atoms with Gasteiger partial charge in [-0.05, 0) is 78.4 Å². The van der Waals surface area contributed by atoms with Crippen LogP contribution in [0.3, 0.4) is 0 Å². The molecule has 2 N–H and O–H groups in total.